The summed E-state index contributed by atoms with van der Waals surface area (Å²) in [6, 6.07) is 0. The van der Waals surface area contributed by atoms with Gasteiger partial charge >= 0.3 is 31.7 Å². The molecular weight excluding hydrogens is 1540 g/mol. The minimum absolute atomic E-state index is 0.0161. The molecule has 3 aliphatic rings. The number of ether oxygens (including phenoxy) is 8. The maximum atomic E-state index is 14.9. The van der Waals surface area contributed by atoms with Crippen molar-refractivity contribution in [1.29, 1.82) is 0 Å². The maximum absolute atomic E-state index is 14.9. The summed E-state index contributed by atoms with van der Waals surface area (Å²) in [7, 11) is -5.81. The van der Waals surface area contributed by atoms with E-state index in [1.54, 1.807) is 0 Å². The van der Waals surface area contributed by atoms with Gasteiger partial charge in [-0.05, 0) is 57.3 Å². The molecule has 694 valence electrons. The number of hydrogen-bond donors (Lipinski definition) is 10. The lowest BCUT2D eigenvalue weighted by Gasteiger charge is -2.50. The first-order chi connectivity index (χ1) is 57.1. The number of aliphatic hydroxyl groups excluding tert-OH is 9. The summed E-state index contributed by atoms with van der Waals surface area (Å²) in [6.07, 6.45) is 27.7. The minimum Gasteiger partial charge on any atom is -0.463 e. The van der Waals surface area contributed by atoms with Crippen LogP contribution in [-0.2, 0) is 70.7 Å². The van der Waals surface area contributed by atoms with Crippen molar-refractivity contribution in [1.82, 2.24) is 0 Å². The number of unbranched alkanes of at least 4 members (excludes halogenated alkanes) is 47. The van der Waals surface area contributed by atoms with E-state index in [9.17, 15) is 74.6 Å². The van der Waals surface area contributed by atoms with Gasteiger partial charge in [-0.3, -0.25) is 28.2 Å². The van der Waals surface area contributed by atoms with E-state index >= 15 is 0 Å². The van der Waals surface area contributed by atoms with Crippen LogP contribution < -0.4 is 0 Å². The Morgan fingerprint density at radius 2 is 0.686 bits per heavy atom. The highest BCUT2D eigenvalue weighted by Gasteiger charge is 2.60. The normalized spacial score (nSPS) is 25.2. The van der Waals surface area contributed by atoms with Crippen molar-refractivity contribution >= 4 is 31.7 Å². The minimum atomic E-state index is -5.81. The van der Waals surface area contributed by atoms with E-state index in [-0.39, 0.29) is 25.7 Å². The fourth-order valence-corrected chi connectivity index (χ4v) is 16.9. The van der Waals surface area contributed by atoms with E-state index in [4.69, 9.17) is 46.9 Å². The number of phosphoric ester groups is 1. The molecule has 1 saturated carbocycles. The Hall–Kier alpha value is -2.79. The lowest BCUT2D eigenvalue weighted by molar-refractivity contribution is -0.360. The van der Waals surface area contributed by atoms with Gasteiger partial charge in [0.15, 0.2) is 24.8 Å². The molecule has 0 bridgehead atoms. The van der Waals surface area contributed by atoms with Gasteiger partial charge in [0.2, 0.25) is 0 Å². The standard InChI is InChI=1S/C92H171O25P/c1-6-10-14-18-22-25-28-31-33-36-38-41-44-51-57-63-75(94)108-68-72(111-77(96)65-59-53-45-42-40-37-34-32-29-26-23-19-15-11-7-2)69-110-118(106,107)117-90-88(115-91-85(104)81(100)79(98)73(67-93)112-91)84(103)83(102)87(114-78(97)66-60-54-46-43-39-35-30-27-24-20-16-12-8-3)89(90)116-92-86(105)82(101)80(99)74(113-92)70-109-76(95)64-58-52-48-47-50-56-62-71(5)61-55-49-21-17-13-9-4/h25,28,71-74,79-93,98-105H,6-24,26-27,29-70H2,1-5H3,(H,106,107)/b28-25-. The van der Waals surface area contributed by atoms with Crippen LogP contribution >= 0.6 is 7.82 Å². The molecule has 1 aliphatic carbocycles. The number of esters is 4. The van der Waals surface area contributed by atoms with Gasteiger partial charge in [-0.2, -0.15) is 0 Å². The van der Waals surface area contributed by atoms with Crippen LogP contribution in [0.2, 0.25) is 0 Å². The number of aliphatic hydroxyl groups is 9. The average molecular weight is 1710 g/mol. The number of carbonyl (C=O) groups is 4. The Bertz CT molecular complexity index is 2520. The van der Waals surface area contributed by atoms with Crippen LogP contribution in [0.1, 0.15) is 413 Å². The molecule has 3 fully saturated rings. The zero-order valence-corrected chi connectivity index (χ0v) is 75.0. The summed E-state index contributed by atoms with van der Waals surface area (Å²) >= 11 is 0. The molecule has 118 heavy (non-hydrogen) atoms. The van der Waals surface area contributed by atoms with Crippen molar-refractivity contribution in [2.75, 3.05) is 26.4 Å². The van der Waals surface area contributed by atoms with Gasteiger partial charge in [0.05, 0.1) is 13.2 Å². The Labute approximate surface area is 712 Å². The van der Waals surface area contributed by atoms with Crippen molar-refractivity contribution in [2.45, 2.75) is 518 Å². The van der Waals surface area contributed by atoms with E-state index < -0.39 is 162 Å². The van der Waals surface area contributed by atoms with E-state index in [2.05, 4.69) is 46.8 Å². The summed E-state index contributed by atoms with van der Waals surface area (Å²) in [5.74, 6) is -2.27. The molecular formula is C92H171O25P. The third kappa shape index (κ3) is 50.4. The molecule has 0 spiro atoms. The first kappa shape index (κ1) is 109. The molecule has 3 rings (SSSR count). The van der Waals surface area contributed by atoms with Crippen LogP contribution in [0.3, 0.4) is 0 Å². The number of rotatable bonds is 77. The molecule has 0 aromatic carbocycles. The predicted octanol–water partition coefficient (Wildman–Crippen LogP) is 17.8. The average Bonchev–Trinajstić information content (AvgIpc) is 0.751. The summed E-state index contributed by atoms with van der Waals surface area (Å²) < 4.78 is 73.5. The van der Waals surface area contributed by atoms with Gasteiger partial charge in [0.1, 0.15) is 92.6 Å². The first-order valence-electron chi connectivity index (χ1n) is 47.8. The zero-order chi connectivity index (χ0) is 86.2. The third-order valence-corrected chi connectivity index (χ3v) is 24.7. The zero-order valence-electron chi connectivity index (χ0n) is 74.1. The molecule has 25 nitrogen and oxygen atoms in total. The Morgan fingerprint density at radius 1 is 0.356 bits per heavy atom. The largest absolute Gasteiger partial charge is 0.472 e. The fraction of sp³-hybridized carbons (Fsp3) is 0.935. The molecule has 0 amide bonds. The van der Waals surface area contributed by atoms with Gasteiger partial charge in [-0.1, -0.05) is 349 Å². The van der Waals surface area contributed by atoms with Crippen molar-refractivity contribution < 1.29 is 122 Å². The van der Waals surface area contributed by atoms with E-state index in [1.165, 1.54) is 173 Å². The SMILES string of the molecule is CCCCCC/C=C\CCCCCCCCCC(=O)OCC(COP(=O)(O)OC1C(OC2OC(CO)C(O)C(O)C2O)C(O)C(O)C(OC(=O)CCCCCCCCCCCCCCC)C1OC1OC(COC(=O)CCCCCCCCC(C)CCCCCCCC)C(O)C(O)C1O)OC(=O)CCCCCCCCCCCCCCCCC. The highest BCUT2D eigenvalue weighted by Crippen LogP contribution is 2.49. The lowest BCUT2D eigenvalue weighted by atomic mass is 9.84. The Balaban J connectivity index is 1.91. The first-order valence-corrected chi connectivity index (χ1v) is 49.3. The van der Waals surface area contributed by atoms with Crippen molar-refractivity contribution in [3.05, 3.63) is 12.2 Å². The van der Waals surface area contributed by atoms with Crippen LogP contribution in [0.5, 0.6) is 0 Å². The maximum Gasteiger partial charge on any atom is 0.472 e. The van der Waals surface area contributed by atoms with Crippen LogP contribution in [0.25, 0.3) is 0 Å². The van der Waals surface area contributed by atoms with Gasteiger partial charge in [-0.15, -0.1) is 0 Å². The summed E-state index contributed by atoms with van der Waals surface area (Å²) in [5.41, 5.74) is 0. The third-order valence-electron chi connectivity index (χ3n) is 23.7. The molecule has 19 unspecified atom stereocenters. The predicted molar refractivity (Wildman–Crippen MR) is 458 cm³/mol. The molecule has 10 N–H and O–H groups in total. The summed E-state index contributed by atoms with van der Waals surface area (Å²) in [6.45, 7) is 7.93. The molecule has 0 aromatic rings. The molecule has 2 saturated heterocycles. The lowest BCUT2D eigenvalue weighted by Crippen LogP contribution is -2.70. The van der Waals surface area contributed by atoms with Crippen LogP contribution in [-0.4, -0.2) is 205 Å². The van der Waals surface area contributed by atoms with Crippen molar-refractivity contribution in [3.63, 3.8) is 0 Å². The second kappa shape index (κ2) is 70.4. The molecule has 2 aliphatic heterocycles. The van der Waals surface area contributed by atoms with E-state index in [0.717, 1.165) is 148 Å². The van der Waals surface area contributed by atoms with Gasteiger partial charge in [-0.25, -0.2) is 4.57 Å². The number of allylic oxidation sites excluding steroid dienone is 2. The Kier molecular flexibility index (Phi) is 65.2. The number of carbonyl (C=O) groups excluding carboxylic acids is 4. The van der Waals surface area contributed by atoms with Gasteiger partial charge in [0, 0.05) is 25.7 Å². The second-order valence-corrected chi connectivity index (χ2v) is 35.9. The molecule has 19 atom stereocenters. The van der Waals surface area contributed by atoms with Crippen molar-refractivity contribution in [3.8, 4) is 0 Å². The van der Waals surface area contributed by atoms with Crippen molar-refractivity contribution in [2.24, 2.45) is 5.92 Å². The summed E-state index contributed by atoms with van der Waals surface area (Å²) in [4.78, 5) is 66.5. The van der Waals surface area contributed by atoms with Gasteiger partial charge in [0.25, 0.3) is 0 Å². The monoisotopic (exact) mass is 1710 g/mol. The van der Waals surface area contributed by atoms with Gasteiger partial charge < -0.3 is 88.7 Å². The van der Waals surface area contributed by atoms with E-state index in [1.807, 2.05) is 0 Å². The van der Waals surface area contributed by atoms with Crippen LogP contribution in [0.4, 0.5) is 0 Å². The molecule has 0 radical (unpaired) electrons. The highest BCUT2D eigenvalue weighted by atomic mass is 31.2. The number of phosphoric acid groups is 1. The Morgan fingerprint density at radius 3 is 1.10 bits per heavy atom. The van der Waals surface area contributed by atoms with E-state index in [0.29, 0.717) is 38.0 Å². The topological polar surface area (TPSA) is 380 Å². The van der Waals surface area contributed by atoms with Crippen LogP contribution in [0.15, 0.2) is 12.2 Å². The second-order valence-electron chi connectivity index (χ2n) is 34.5. The highest BCUT2D eigenvalue weighted by molar-refractivity contribution is 7.47. The molecule has 0 aromatic heterocycles. The number of hydrogen-bond acceptors (Lipinski definition) is 24. The quantitative estimate of drug-likeness (QED) is 0.00889. The fourth-order valence-electron chi connectivity index (χ4n) is 16.0. The molecule has 2 heterocycles. The van der Waals surface area contributed by atoms with Crippen LogP contribution in [0, 0.1) is 5.92 Å². The summed E-state index contributed by atoms with van der Waals surface area (Å²) in [5, 5.41) is 102. The smallest absolute Gasteiger partial charge is 0.463 e. The molecule has 26 heteroatoms.